The lowest BCUT2D eigenvalue weighted by Gasteiger charge is -2.18. The number of carbonyl (C=O) groups excluding carboxylic acids is 1. The summed E-state index contributed by atoms with van der Waals surface area (Å²) < 4.78 is 79.0. The van der Waals surface area contributed by atoms with E-state index in [0.717, 1.165) is 22.8 Å². The van der Waals surface area contributed by atoms with E-state index in [0.29, 0.717) is 0 Å². The van der Waals surface area contributed by atoms with Gasteiger partial charge in [0.05, 0.1) is 22.9 Å². The molecule has 0 spiro atoms. The number of anilines is 2. The van der Waals surface area contributed by atoms with Crippen LogP contribution in [-0.2, 0) is 6.18 Å². The van der Waals surface area contributed by atoms with Gasteiger partial charge in [-0.05, 0) is 55.0 Å². The van der Waals surface area contributed by atoms with Crippen molar-refractivity contribution in [3.63, 3.8) is 0 Å². The predicted molar refractivity (Wildman–Crippen MR) is 123 cm³/mol. The number of alkyl halides is 6. The van der Waals surface area contributed by atoms with Crippen molar-refractivity contribution in [2.45, 2.75) is 31.6 Å². The number of nitrogen functional groups attached to an aromatic ring is 1. The number of pyridine rings is 1. The van der Waals surface area contributed by atoms with Crippen LogP contribution in [0.2, 0.25) is 0 Å². The number of hydrogen-bond acceptors (Lipinski definition) is 4. The zero-order valence-corrected chi connectivity index (χ0v) is 18.8. The van der Waals surface area contributed by atoms with E-state index in [-0.39, 0.29) is 28.2 Å². The molecule has 12 heteroatoms. The van der Waals surface area contributed by atoms with E-state index in [1.807, 2.05) is 0 Å². The second-order valence-electron chi connectivity index (χ2n) is 8.00. The summed E-state index contributed by atoms with van der Waals surface area (Å²) in [6, 6.07) is 8.41. The Hall–Kier alpha value is -3.96. The number of nitrogens with two attached hydrogens (primary N) is 1. The number of amides is 1. The molecule has 6 nitrogen and oxygen atoms in total. The molecule has 0 radical (unpaired) electrons. The van der Waals surface area contributed by atoms with Gasteiger partial charge in [-0.3, -0.25) is 14.2 Å². The molecule has 0 fully saturated rings. The number of rotatable bonds is 8. The highest BCUT2D eigenvalue weighted by atomic mass is 19.4. The van der Waals surface area contributed by atoms with Crippen LogP contribution >= 0.6 is 0 Å². The quantitative estimate of drug-likeness (QED) is 0.295. The van der Waals surface area contributed by atoms with Crippen LogP contribution in [0.5, 0.6) is 0 Å². The van der Waals surface area contributed by atoms with Crippen molar-refractivity contribution in [2.75, 3.05) is 17.7 Å². The van der Waals surface area contributed by atoms with E-state index in [2.05, 4.69) is 10.6 Å². The van der Waals surface area contributed by atoms with Gasteiger partial charge >= 0.3 is 6.18 Å². The molecule has 3 aromatic rings. The van der Waals surface area contributed by atoms with Gasteiger partial charge in [0.1, 0.15) is 12.7 Å². The lowest BCUT2D eigenvalue weighted by molar-refractivity contribution is -0.137. The van der Waals surface area contributed by atoms with Crippen molar-refractivity contribution < 1.29 is 31.1 Å². The summed E-state index contributed by atoms with van der Waals surface area (Å²) in [6.07, 6.45) is -6.38. The molecule has 0 bridgehead atoms. The van der Waals surface area contributed by atoms with Crippen molar-refractivity contribution in [3.8, 4) is 5.69 Å². The molecule has 0 aliphatic heterocycles. The summed E-state index contributed by atoms with van der Waals surface area (Å²) in [6.45, 7) is 0.162. The van der Waals surface area contributed by atoms with Crippen molar-refractivity contribution in [1.82, 2.24) is 9.88 Å². The maximum absolute atomic E-state index is 13.1. The van der Waals surface area contributed by atoms with E-state index in [4.69, 9.17) is 5.73 Å². The first-order valence-electron chi connectivity index (χ1n) is 10.6. The molecule has 0 aliphatic carbocycles. The van der Waals surface area contributed by atoms with Crippen LogP contribution in [-0.4, -0.2) is 29.6 Å². The van der Waals surface area contributed by atoms with Crippen molar-refractivity contribution in [3.05, 3.63) is 87.8 Å². The minimum Gasteiger partial charge on any atom is -0.399 e. The maximum atomic E-state index is 13.1. The summed E-state index contributed by atoms with van der Waals surface area (Å²) in [7, 11) is 0. The third-order valence-electron chi connectivity index (χ3n) is 5.27. The third-order valence-corrected chi connectivity index (χ3v) is 5.27. The second-order valence-corrected chi connectivity index (χ2v) is 8.00. The fourth-order valence-electron chi connectivity index (χ4n) is 3.41. The molecule has 0 unspecified atom stereocenters. The van der Waals surface area contributed by atoms with Gasteiger partial charge < -0.3 is 16.4 Å². The lowest BCUT2D eigenvalue weighted by atomic mass is 10.0. The lowest BCUT2D eigenvalue weighted by Crippen LogP contribution is -2.30. The van der Waals surface area contributed by atoms with Crippen molar-refractivity contribution in [1.29, 1.82) is 0 Å². The average Bonchev–Trinajstić information content (AvgIpc) is 2.81. The van der Waals surface area contributed by atoms with Crippen LogP contribution in [0, 0.1) is 0 Å². The van der Waals surface area contributed by atoms with Crippen LogP contribution in [0.25, 0.3) is 5.69 Å². The fraction of sp³-hybridized carbons (Fsp3) is 0.250. The average molecular weight is 512 g/mol. The molecule has 2 atom stereocenters. The van der Waals surface area contributed by atoms with Gasteiger partial charge in [-0.1, -0.05) is 6.07 Å². The number of benzene rings is 2. The Morgan fingerprint density at radius 3 is 2.44 bits per heavy atom. The Bertz CT molecular complexity index is 1290. The number of halogens is 6. The molecule has 1 amide bonds. The molecule has 1 aromatic heterocycles. The zero-order chi connectivity index (χ0) is 26.6. The van der Waals surface area contributed by atoms with Gasteiger partial charge in [-0.2, -0.15) is 13.2 Å². The number of aromatic nitrogens is 1. The Kier molecular flexibility index (Phi) is 7.96. The molecule has 36 heavy (non-hydrogen) atoms. The van der Waals surface area contributed by atoms with Crippen LogP contribution in [0.1, 0.15) is 34.5 Å². The van der Waals surface area contributed by atoms with Crippen LogP contribution in [0.15, 0.2) is 65.6 Å². The van der Waals surface area contributed by atoms with Crippen molar-refractivity contribution in [2.24, 2.45) is 0 Å². The standard InChI is InChI=1S/C24H22F6N4O2/c1-13(15-7-16(24(28,29)30)9-17(31)8-15)32-23(36)14-5-6-21(35)34(12-14)19-4-2-3-18(10-19)33-20(11-25)22(26)27/h2-10,12-13,20,22,33H,11,31H2,1H3,(H,32,36)/t13-,20-/m1/s1. The van der Waals surface area contributed by atoms with Crippen LogP contribution < -0.4 is 21.9 Å². The number of nitrogens with one attached hydrogen (secondary N) is 2. The Balaban J connectivity index is 1.85. The maximum Gasteiger partial charge on any atom is 0.416 e. The number of hydrogen-bond donors (Lipinski definition) is 3. The number of carbonyl (C=O) groups is 1. The molecule has 0 saturated heterocycles. The van der Waals surface area contributed by atoms with E-state index < -0.39 is 48.4 Å². The first-order valence-corrected chi connectivity index (χ1v) is 10.6. The fourth-order valence-corrected chi connectivity index (χ4v) is 3.41. The summed E-state index contributed by atoms with van der Waals surface area (Å²) in [5.74, 6) is -0.684. The van der Waals surface area contributed by atoms with E-state index in [1.165, 1.54) is 49.5 Å². The van der Waals surface area contributed by atoms with E-state index in [9.17, 15) is 35.9 Å². The molecule has 2 aromatic carbocycles. The summed E-state index contributed by atoms with van der Waals surface area (Å²) in [4.78, 5) is 25.2. The summed E-state index contributed by atoms with van der Waals surface area (Å²) in [5.41, 5.74) is 4.45. The summed E-state index contributed by atoms with van der Waals surface area (Å²) in [5, 5.41) is 4.91. The second kappa shape index (κ2) is 10.8. The predicted octanol–water partition coefficient (Wildman–Crippen LogP) is 4.94. The molecule has 1 heterocycles. The third kappa shape index (κ3) is 6.37. The highest BCUT2D eigenvalue weighted by molar-refractivity contribution is 5.94. The zero-order valence-electron chi connectivity index (χ0n) is 18.8. The topological polar surface area (TPSA) is 89.2 Å². The minimum absolute atomic E-state index is 0.00831. The molecule has 0 saturated carbocycles. The minimum atomic E-state index is -4.62. The Labute approximate surface area is 201 Å². The van der Waals surface area contributed by atoms with Gasteiger partial charge in [-0.15, -0.1) is 0 Å². The molecule has 4 N–H and O–H groups in total. The van der Waals surface area contributed by atoms with Gasteiger partial charge in [0.15, 0.2) is 0 Å². The van der Waals surface area contributed by atoms with E-state index in [1.54, 1.807) is 0 Å². The smallest absolute Gasteiger partial charge is 0.399 e. The molecule has 3 rings (SSSR count). The molecule has 0 aliphatic rings. The van der Waals surface area contributed by atoms with Gasteiger partial charge in [0.25, 0.3) is 17.9 Å². The normalized spacial score (nSPS) is 13.3. The monoisotopic (exact) mass is 512 g/mol. The highest BCUT2D eigenvalue weighted by Gasteiger charge is 2.31. The SMILES string of the molecule is C[C@@H](NC(=O)c1ccc(=O)n(-c2cccc(N[C@H](CF)C(F)F)c2)c1)c1cc(N)cc(C(F)(F)F)c1. The largest absolute Gasteiger partial charge is 0.416 e. The van der Waals surface area contributed by atoms with Gasteiger partial charge in [0, 0.05) is 23.6 Å². The first kappa shape index (κ1) is 26.6. The first-order chi connectivity index (χ1) is 16.9. The number of nitrogens with zero attached hydrogens (tertiary/aromatic N) is 1. The van der Waals surface area contributed by atoms with Gasteiger partial charge in [-0.25, -0.2) is 13.2 Å². The van der Waals surface area contributed by atoms with Crippen molar-refractivity contribution >= 4 is 17.3 Å². The summed E-state index contributed by atoms with van der Waals surface area (Å²) >= 11 is 0. The molecular formula is C24H22F6N4O2. The van der Waals surface area contributed by atoms with Crippen LogP contribution in [0.4, 0.5) is 37.7 Å². The van der Waals surface area contributed by atoms with E-state index >= 15 is 0 Å². The van der Waals surface area contributed by atoms with Crippen LogP contribution in [0.3, 0.4) is 0 Å². The van der Waals surface area contributed by atoms with Gasteiger partial charge in [0.2, 0.25) is 0 Å². The Morgan fingerprint density at radius 1 is 1.08 bits per heavy atom. The molecule has 192 valence electrons. The highest BCUT2D eigenvalue weighted by Crippen LogP contribution is 2.32. The molecular weight excluding hydrogens is 490 g/mol. The Morgan fingerprint density at radius 2 is 1.81 bits per heavy atom.